The number of likely N-dealkylation sites (tertiary alicyclic amines) is 1. The Kier molecular flexibility index (Phi) is 2.56. The highest BCUT2D eigenvalue weighted by atomic mass is 16.8. The van der Waals surface area contributed by atoms with E-state index in [1.807, 2.05) is 13.8 Å². The van der Waals surface area contributed by atoms with Crippen molar-refractivity contribution < 1.29 is 14.3 Å². The average molecular weight is 211 g/mol. The minimum atomic E-state index is -0.543. The van der Waals surface area contributed by atoms with Gasteiger partial charge in [0.05, 0.1) is 6.54 Å². The lowest BCUT2D eigenvalue weighted by Crippen LogP contribution is -2.34. The van der Waals surface area contributed by atoms with Crippen molar-refractivity contribution in [3.05, 3.63) is 12.8 Å². The van der Waals surface area contributed by atoms with Crippen LogP contribution in [0.25, 0.3) is 0 Å². The molecule has 2 fully saturated rings. The number of nitrogens with zero attached hydrogens (tertiary/aromatic N) is 1. The Bertz CT molecular complexity index is 286. The lowest BCUT2D eigenvalue weighted by atomic mass is 10.1. The largest absolute Gasteiger partial charge is 0.342 e. The molecule has 0 aromatic heterocycles. The van der Waals surface area contributed by atoms with E-state index in [4.69, 9.17) is 9.47 Å². The van der Waals surface area contributed by atoms with Gasteiger partial charge in [0.15, 0.2) is 11.9 Å². The molecular formula is C11H17NO3. The maximum Gasteiger partial charge on any atom is 0.258 e. The molecule has 2 aliphatic rings. The fraction of sp³-hybridized carbons (Fsp3) is 0.727. The van der Waals surface area contributed by atoms with Crippen LogP contribution >= 0.6 is 0 Å². The van der Waals surface area contributed by atoms with Crippen LogP contribution in [-0.2, 0) is 14.3 Å². The molecule has 84 valence electrons. The van der Waals surface area contributed by atoms with Gasteiger partial charge in [-0.1, -0.05) is 20.4 Å². The highest BCUT2D eigenvalue weighted by Crippen LogP contribution is 2.38. The van der Waals surface area contributed by atoms with Gasteiger partial charge in [0.2, 0.25) is 0 Å². The Morgan fingerprint density at radius 1 is 1.53 bits per heavy atom. The summed E-state index contributed by atoms with van der Waals surface area (Å²) >= 11 is 0. The normalized spacial score (nSPS) is 33.2. The smallest absolute Gasteiger partial charge is 0.258 e. The molecular weight excluding hydrogens is 194 g/mol. The predicted molar refractivity (Wildman–Crippen MR) is 55.0 cm³/mol. The maximum absolute atomic E-state index is 11.8. The zero-order valence-corrected chi connectivity index (χ0v) is 9.23. The molecule has 0 saturated carbocycles. The molecule has 2 atom stereocenters. The molecule has 0 aromatic carbocycles. The number of amides is 1. The summed E-state index contributed by atoms with van der Waals surface area (Å²) in [7, 11) is 0. The molecule has 2 saturated heterocycles. The van der Waals surface area contributed by atoms with Gasteiger partial charge in [-0.3, -0.25) is 4.79 Å². The third-order valence-corrected chi connectivity index (χ3v) is 3.25. The molecule has 0 N–H and O–H groups in total. The molecule has 0 aromatic rings. The standard InChI is InChI=1S/C11H17NO3/c1-4-11(5-2)14-8-7-12(6-3)10(13)9(8)15-11/h6,8-9H,3-5,7H2,1-2H3/t8-,9-/m0/s1. The fourth-order valence-corrected chi connectivity index (χ4v) is 2.21. The van der Waals surface area contributed by atoms with Crippen molar-refractivity contribution in [1.82, 2.24) is 4.90 Å². The number of ether oxygens (including phenoxy) is 2. The summed E-state index contributed by atoms with van der Waals surface area (Å²) in [4.78, 5) is 13.3. The quantitative estimate of drug-likeness (QED) is 0.705. The van der Waals surface area contributed by atoms with Gasteiger partial charge in [-0.15, -0.1) is 0 Å². The average Bonchev–Trinajstić information content (AvgIpc) is 2.76. The second kappa shape index (κ2) is 3.61. The topological polar surface area (TPSA) is 38.8 Å². The second-order valence-corrected chi connectivity index (χ2v) is 3.99. The van der Waals surface area contributed by atoms with Crippen molar-refractivity contribution in [2.75, 3.05) is 6.54 Å². The van der Waals surface area contributed by atoms with Crippen LogP contribution in [0.1, 0.15) is 26.7 Å². The third kappa shape index (κ3) is 1.48. The van der Waals surface area contributed by atoms with E-state index in [2.05, 4.69) is 6.58 Å². The Morgan fingerprint density at radius 2 is 2.20 bits per heavy atom. The first-order chi connectivity index (χ1) is 7.15. The van der Waals surface area contributed by atoms with Crippen LogP contribution in [0.15, 0.2) is 12.8 Å². The highest BCUT2D eigenvalue weighted by molar-refractivity contribution is 5.85. The fourth-order valence-electron chi connectivity index (χ4n) is 2.21. The number of carbonyl (C=O) groups is 1. The maximum atomic E-state index is 11.8. The van der Waals surface area contributed by atoms with Gasteiger partial charge < -0.3 is 14.4 Å². The van der Waals surface area contributed by atoms with Crippen molar-refractivity contribution in [2.24, 2.45) is 0 Å². The van der Waals surface area contributed by atoms with Gasteiger partial charge in [0, 0.05) is 0 Å². The van der Waals surface area contributed by atoms with Crippen molar-refractivity contribution >= 4 is 5.91 Å². The number of rotatable bonds is 3. The summed E-state index contributed by atoms with van der Waals surface area (Å²) in [5.41, 5.74) is 0. The van der Waals surface area contributed by atoms with E-state index in [1.54, 1.807) is 4.90 Å². The van der Waals surface area contributed by atoms with E-state index >= 15 is 0 Å². The van der Waals surface area contributed by atoms with Gasteiger partial charge in [0.25, 0.3) is 5.91 Å². The lowest BCUT2D eigenvalue weighted by molar-refractivity contribution is -0.189. The molecule has 2 heterocycles. The Labute approximate surface area is 89.8 Å². The molecule has 0 radical (unpaired) electrons. The van der Waals surface area contributed by atoms with Crippen molar-refractivity contribution in [3.63, 3.8) is 0 Å². The number of hydrogen-bond acceptors (Lipinski definition) is 3. The SMILES string of the molecule is C=CN1C[C@@H]2OC(CC)(CC)O[C@@H]2C1=O. The monoisotopic (exact) mass is 211 g/mol. The predicted octanol–water partition coefficient (Wildman–Crippen LogP) is 1.27. The Hall–Kier alpha value is -0.870. The lowest BCUT2D eigenvalue weighted by Gasteiger charge is -2.27. The second-order valence-electron chi connectivity index (χ2n) is 3.99. The van der Waals surface area contributed by atoms with Crippen molar-refractivity contribution in [1.29, 1.82) is 0 Å². The molecule has 0 unspecified atom stereocenters. The molecule has 2 rings (SSSR count). The van der Waals surface area contributed by atoms with Gasteiger partial charge >= 0.3 is 0 Å². The van der Waals surface area contributed by atoms with E-state index in [0.717, 1.165) is 12.8 Å². The number of hydrogen-bond donors (Lipinski definition) is 0. The van der Waals surface area contributed by atoms with Crippen LogP contribution in [0.5, 0.6) is 0 Å². The molecule has 15 heavy (non-hydrogen) atoms. The van der Waals surface area contributed by atoms with E-state index in [0.29, 0.717) is 6.54 Å². The molecule has 4 nitrogen and oxygen atoms in total. The van der Waals surface area contributed by atoms with Gasteiger partial charge in [-0.25, -0.2) is 0 Å². The molecule has 1 amide bonds. The van der Waals surface area contributed by atoms with E-state index in [1.165, 1.54) is 6.20 Å². The highest BCUT2D eigenvalue weighted by Gasteiger charge is 2.53. The number of fused-ring (bicyclic) bond motifs is 1. The van der Waals surface area contributed by atoms with Crippen LogP contribution in [0.2, 0.25) is 0 Å². The molecule has 0 aliphatic carbocycles. The van der Waals surface area contributed by atoms with Gasteiger partial charge in [-0.2, -0.15) is 0 Å². The van der Waals surface area contributed by atoms with Gasteiger partial charge in [-0.05, 0) is 19.0 Å². The summed E-state index contributed by atoms with van der Waals surface area (Å²) in [5.74, 6) is -0.572. The van der Waals surface area contributed by atoms with E-state index in [-0.39, 0.29) is 12.0 Å². The van der Waals surface area contributed by atoms with Crippen LogP contribution in [-0.4, -0.2) is 35.3 Å². The summed E-state index contributed by atoms with van der Waals surface area (Å²) in [6, 6.07) is 0. The van der Waals surface area contributed by atoms with Crippen molar-refractivity contribution in [2.45, 2.75) is 44.7 Å². The summed E-state index contributed by atoms with van der Waals surface area (Å²) < 4.78 is 11.6. The Balaban J connectivity index is 2.13. The molecule has 4 heteroatoms. The van der Waals surface area contributed by atoms with E-state index < -0.39 is 11.9 Å². The van der Waals surface area contributed by atoms with Crippen LogP contribution in [0, 0.1) is 0 Å². The third-order valence-electron chi connectivity index (χ3n) is 3.25. The van der Waals surface area contributed by atoms with E-state index in [9.17, 15) is 4.79 Å². The zero-order valence-electron chi connectivity index (χ0n) is 9.23. The van der Waals surface area contributed by atoms with Crippen LogP contribution in [0.3, 0.4) is 0 Å². The first kappa shape index (κ1) is 10.6. The van der Waals surface area contributed by atoms with Gasteiger partial charge in [0.1, 0.15) is 6.10 Å². The minimum Gasteiger partial charge on any atom is -0.342 e. The first-order valence-electron chi connectivity index (χ1n) is 5.44. The minimum absolute atomic E-state index is 0.0289. The van der Waals surface area contributed by atoms with Crippen LogP contribution < -0.4 is 0 Å². The summed E-state index contributed by atoms with van der Waals surface area (Å²) in [5, 5.41) is 0. The Morgan fingerprint density at radius 3 is 2.67 bits per heavy atom. The van der Waals surface area contributed by atoms with Crippen molar-refractivity contribution in [3.8, 4) is 0 Å². The molecule has 0 bridgehead atoms. The number of carbonyl (C=O) groups excluding carboxylic acids is 1. The summed E-state index contributed by atoms with van der Waals surface area (Å²) in [6.45, 7) is 8.18. The molecule has 0 spiro atoms. The van der Waals surface area contributed by atoms with Crippen LogP contribution in [0.4, 0.5) is 0 Å². The first-order valence-corrected chi connectivity index (χ1v) is 5.44. The summed E-state index contributed by atoms with van der Waals surface area (Å²) in [6.07, 6.45) is 2.53. The molecule has 2 aliphatic heterocycles. The zero-order chi connectivity index (χ0) is 11.1.